The molecule has 0 radical (unpaired) electrons. The van der Waals surface area contributed by atoms with Crippen LogP contribution in [0.1, 0.15) is 0 Å². The lowest BCUT2D eigenvalue weighted by molar-refractivity contribution is -0.0842. The van der Waals surface area contributed by atoms with Crippen molar-refractivity contribution in [3.05, 3.63) is 35.4 Å². The second-order valence-electron chi connectivity index (χ2n) is 3.70. The predicted octanol–water partition coefficient (Wildman–Crippen LogP) is 3.60. The van der Waals surface area contributed by atoms with Gasteiger partial charge < -0.3 is 9.47 Å². The van der Waals surface area contributed by atoms with Gasteiger partial charge in [-0.1, -0.05) is 17.7 Å². The molecular formula is C13H14ClNO2S. The van der Waals surface area contributed by atoms with E-state index in [1.54, 1.807) is 26.0 Å². The van der Waals surface area contributed by atoms with Crippen LogP contribution in [0.25, 0.3) is 10.9 Å². The molecule has 0 bridgehead atoms. The number of fused-ring (bicyclic) bond motifs is 1. The van der Waals surface area contributed by atoms with Gasteiger partial charge in [0, 0.05) is 24.6 Å². The van der Waals surface area contributed by atoms with Gasteiger partial charge >= 0.3 is 0 Å². The first-order valence-corrected chi connectivity index (χ1v) is 6.84. The van der Waals surface area contributed by atoms with Crippen LogP contribution in [0.4, 0.5) is 0 Å². The van der Waals surface area contributed by atoms with Gasteiger partial charge in [-0.05, 0) is 24.3 Å². The lowest BCUT2D eigenvalue weighted by atomic mass is 10.2. The van der Waals surface area contributed by atoms with E-state index >= 15 is 0 Å². The van der Waals surface area contributed by atoms with Gasteiger partial charge in [0.2, 0.25) is 0 Å². The van der Waals surface area contributed by atoms with Crippen molar-refractivity contribution in [1.82, 2.24) is 4.98 Å². The Bertz CT molecular complexity index is 531. The highest BCUT2D eigenvalue weighted by Gasteiger charge is 2.07. The number of nitrogens with zero attached hydrogens (tertiary/aromatic N) is 1. The number of ether oxygens (including phenoxy) is 2. The average molecular weight is 284 g/mol. The molecule has 2 aromatic rings. The summed E-state index contributed by atoms with van der Waals surface area (Å²) in [5.74, 6) is 0.707. The van der Waals surface area contributed by atoms with E-state index < -0.39 is 0 Å². The minimum absolute atomic E-state index is 0.210. The van der Waals surface area contributed by atoms with Crippen LogP contribution in [0.5, 0.6) is 0 Å². The Morgan fingerprint density at radius 2 is 2.00 bits per heavy atom. The summed E-state index contributed by atoms with van der Waals surface area (Å²) >= 11 is 7.54. The molecule has 0 fully saturated rings. The Kier molecular flexibility index (Phi) is 4.83. The fourth-order valence-electron chi connectivity index (χ4n) is 1.54. The first kappa shape index (κ1) is 13.6. The summed E-state index contributed by atoms with van der Waals surface area (Å²) in [7, 11) is 3.26. The van der Waals surface area contributed by atoms with E-state index in [0.717, 1.165) is 21.0 Å². The van der Waals surface area contributed by atoms with Crippen LogP contribution in [0, 0.1) is 0 Å². The van der Waals surface area contributed by atoms with Crippen LogP contribution in [-0.2, 0) is 9.47 Å². The molecule has 3 nitrogen and oxygen atoms in total. The van der Waals surface area contributed by atoms with Gasteiger partial charge in [-0.2, -0.15) is 0 Å². The zero-order chi connectivity index (χ0) is 13.0. The molecule has 0 unspecified atom stereocenters. The molecule has 5 heteroatoms. The third-order valence-electron chi connectivity index (χ3n) is 2.52. The minimum Gasteiger partial charge on any atom is -0.355 e. The summed E-state index contributed by atoms with van der Waals surface area (Å²) in [6.07, 6.45) is -0.210. The van der Waals surface area contributed by atoms with E-state index in [1.165, 1.54) is 0 Å². The second-order valence-corrected chi connectivity index (χ2v) is 5.18. The summed E-state index contributed by atoms with van der Waals surface area (Å²) in [6.45, 7) is 0. The summed E-state index contributed by atoms with van der Waals surface area (Å²) < 4.78 is 10.3. The lowest BCUT2D eigenvalue weighted by Gasteiger charge is -2.12. The fourth-order valence-corrected chi connectivity index (χ4v) is 2.63. The topological polar surface area (TPSA) is 31.4 Å². The average Bonchev–Trinajstić information content (AvgIpc) is 2.40. The highest BCUT2D eigenvalue weighted by Crippen LogP contribution is 2.23. The monoisotopic (exact) mass is 283 g/mol. The van der Waals surface area contributed by atoms with E-state index in [0.29, 0.717) is 5.75 Å². The number of hydrogen-bond acceptors (Lipinski definition) is 4. The molecule has 0 aliphatic carbocycles. The maximum atomic E-state index is 5.93. The molecule has 1 aromatic carbocycles. The van der Waals surface area contributed by atoms with Crippen LogP contribution >= 0.6 is 23.4 Å². The van der Waals surface area contributed by atoms with Gasteiger partial charge in [0.25, 0.3) is 0 Å². The molecule has 18 heavy (non-hydrogen) atoms. The molecule has 96 valence electrons. The molecule has 0 amide bonds. The van der Waals surface area contributed by atoms with E-state index in [1.807, 2.05) is 30.3 Å². The highest BCUT2D eigenvalue weighted by atomic mass is 35.5. The fraction of sp³-hybridized carbons (Fsp3) is 0.308. The van der Waals surface area contributed by atoms with Gasteiger partial charge in [-0.3, -0.25) is 0 Å². The van der Waals surface area contributed by atoms with Gasteiger partial charge in [-0.25, -0.2) is 4.98 Å². The molecular weight excluding hydrogens is 270 g/mol. The maximum absolute atomic E-state index is 5.93. The van der Waals surface area contributed by atoms with Crippen LogP contribution in [0.3, 0.4) is 0 Å². The SMILES string of the molecule is COC(CSc1ccc2cc(Cl)ccc2n1)OC. The van der Waals surface area contributed by atoms with Gasteiger partial charge in [0.15, 0.2) is 6.29 Å². The third kappa shape index (κ3) is 3.36. The third-order valence-corrected chi connectivity index (χ3v) is 3.72. The second kappa shape index (κ2) is 6.38. The van der Waals surface area contributed by atoms with Crippen LogP contribution in [-0.4, -0.2) is 31.2 Å². The highest BCUT2D eigenvalue weighted by molar-refractivity contribution is 7.99. The Morgan fingerprint density at radius 1 is 1.22 bits per heavy atom. The lowest BCUT2D eigenvalue weighted by Crippen LogP contribution is -2.15. The van der Waals surface area contributed by atoms with Crippen molar-refractivity contribution < 1.29 is 9.47 Å². The number of hydrogen-bond donors (Lipinski definition) is 0. The van der Waals surface area contributed by atoms with E-state index in [4.69, 9.17) is 21.1 Å². The van der Waals surface area contributed by atoms with Gasteiger partial charge in [0.1, 0.15) is 0 Å². The Morgan fingerprint density at radius 3 is 2.72 bits per heavy atom. The molecule has 0 aliphatic heterocycles. The number of thioether (sulfide) groups is 1. The summed E-state index contributed by atoms with van der Waals surface area (Å²) in [5, 5.41) is 2.72. The molecule has 0 saturated heterocycles. The molecule has 0 spiro atoms. The standard InChI is InChI=1S/C13H14ClNO2S/c1-16-13(17-2)8-18-12-6-3-9-7-10(14)4-5-11(9)15-12/h3-7,13H,8H2,1-2H3. The Hall–Kier alpha value is -0.810. The first-order chi connectivity index (χ1) is 8.72. The summed E-state index contributed by atoms with van der Waals surface area (Å²) in [5.41, 5.74) is 0.941. The molecule has 0 aliphatic rings. The van der Waals surface area contributed by atoms with Gasteiger partial charge in [-0.15, -0.1) is 11.8 Å². The van der Waals surface area contributed by atoms with E-state index in [2.05, 4.69) is 4.98 Å². The number of benzene rings is 1. The molecule has 1 aromatic heterocycles. The Labute approximate surface area is 115 Å². The van der Waals surface area contributed by atoms with Crippen molar-refractivity contribution >= 4 is 34.3 Å². The zero-order valence-corrected chi connectivity index (χ0v) is 11.8. The van der Waals surface area contributed by atoms with Crippen molar-refractivity contribution in [2.45, 2.75) is 11.3 Å². The first-order valence-electron chi connectivity index (χ1n) is 5.47. The van der Waals surface area contributed by atoms with Gasteiger partial charge in [0.05, 0.1) is 16.3 Å². The van der Waals surface area contributed by atoms with Crippen LogP contribution in [0.2, 0.25) is 5.02 Å². The van der Waals surface area contributed by atoms with Crippen molar-refractivity contribution in [2.24, 2.45) is 0 Å². The number of aromatic nitrogens is 1. The zero-order valence-electron chi connectivity index (χ0n) is 10.2. The maximum Gasteiger partial charge on any atom is 0.166 e. The van der Waals surface area contributed by atoms with Crippen molar-refractivity contribution in [3.63, 3.8) is 0 Å². The van der Waals surface area contributed by atoms with E-state index in [-0.39, 0.29) is 6.29 Å². The number of methoxy groups -OCH3 is 2. The minimum atomic E-state index is -0.210. The summed E-state index contributed by atoms with van der Waals surface area (Å²) in [6, 6.07) is 9.67. The predicted molar refractivity (Wildman–Crippen MR) is 75.3 cm³/mol. The van der Waals surface area contributed by atoms with Crippen molar-refractivity contribution in [1.29, 1.82) is 0 Å². The molecule has 1 heterocycles. The molecule has 0 N–H and O–H groups in total. The molecule has 0 atom stereocenters. The number of pyridine rings is 1. The Balaban J connectivity index is 2.12. The molecule has 2 rings (SSSR count). The number of rotatable bonds is 5. The van der Waals surface area contributed by atoms with Crippen molar-refractivity contribution in [3.8, 4) is 0 Å². The summed E-state index contributed by atoms with van der Waals surface area (Å²) in [4.78, 5) is 4.55. The molecule has 0 saturated carbocycles. The largest absolute Gasteiger partial charge is 0.355 e. The van der Waals surface area contributed by atoms with Crippen LogP contribution < -0.4 is 0 Å². The smallest absolute Gasteiger partial charge is 0.166 e. The van der Waals surface area contributed by atoms with E-state index in [9.17, 15) is 0 Å². The quantitative estimate of drug-likeness (QED) is 0.620. The van der Waals surface area contributed by atoms with Crippen molar-refractivity contribution in [2.75, 3.05) is 20.0 Å². The normalized spacial score (nSPS) is 11.3. The van der Waals surface area contributed by atoms with Crippen LogP contribution in [0.15, 0.2) is 35.4 Å². The number of halogens is 1.